The number of ether oxygens (including phenoxy) is 1. The first kappa shape index (κ1) is 10.9. The van der Waals surface area contributed by atoms with Crippen LogP contribution in [-0.4, -0.2) is 36.9 Å². The Hall–Kier alpha value is -0.610. The van der Waals surface area contributed by atoms with Crippen molar-refractivity contribution in [3.05, 3.63) is 0 Å². The molecule has 86 valence electrons. The van der Waals surface area contributed by atoms with Crippen molar-refractivity contribution in [1.82, 2.24) is 5.32 Å². The van der Waals surface area contributed by atoms with Crippen LogP contribution in [0, 0.1) is 17.8 Å². The number of hydrogen-bond donors (Lipinski definition) is 2. The number of aliphatic hydroxyl groups excluding tert-OH is 1. The van der Waals surface area contributed by atoms with Crippen LogP contribution >= 0.6 is 0 Å². The Balaban J connectivity index is 1.90. The fraction of sp³-hybridized carbons (Fsp3) is 0.909. The van der Waals surface area contributed by atoms with Gasteiger partial charge in [0.1, 0.15) is 0 Å². The molecule has 2 fully saturated rings. The number of carbonyl (C=O) groups is 1. The molecule has 0 radical (unpaired) electrons. The van der Waals surface area contributed by atoms with Gasteiger partial charge in [-0.3, -0.25) is 4.79 Å². The highest BCUT2D eigenvalue weighted by atomic mass is 16.5. The van der Waals surface area contributed by atoms with Crippen molar-refractivity contribution in [2.45, 2.75) is 25.9 Å². The maximum Gasteiger partial charge on any atom is 0.310 e. The summed E-state index contributed by atoms with van der Waals surface area (Å²) in [7, 11) is 0. The fourth-order valence-corrected chi connectivity index (χ4v) is 2.68. The van der Waals surface area contributed by atoms with Gasteiger partial charge in [0, 0.05) is 6.54 Å². The molecule has 0 aromatic carbocycles. The van der Waals surface area contributed by atoms with Gasteiger partial charge in [0.15, 0.2) is 0 Å². The highest BCUT2D eigenvalue weighted by molar-refractivity contribution is 5.73. The quantitative estimate of drug-likeness (QED) is 0.655. The average Bonchev–Trinajstić information content (AvgIpc) is 2.61. The first-order valence-electron chi connectivity index (χ1n) is 5.77. The molecule has 1 heterocycles. The highest BCUT2D eigenvalue weighted by Gasteiger charge is 2.43. The molecule has 2 aliphatic rings. The molecule has 15 heavy (non-hydrogen) atoms. The molecule has 0 aromatic rings. The van der Waals surface area contributed by atoms with Crippen LogP contribution in [0.1, 0.15) is 19.8 Å². The van der Waals surface area contributed by atoms with Gasteiger partial charge < -0.3 is 15.2 Å². The summed E-state index contributed by atoms with van der Waals surface area (Å²) in [5.41, 5.74) is 0. The normalized spacial score (nSPS) is 39.9. The van der Waals surface area contributed by atoms with Crippen LogP contribution in [0.2, 0.25) is 0 Å². The maximum absolute atomic E-state index is 11.7. The highest BCUT2D eigenvalue weighted by Crippen LogP contribution is 2.39. The Labute approximate surface area is 90.0 Å². The number of rotatable bonds is 3. The number of esters is 1. The SMILES string of the molecule is CCOC(=O)[C@@H]1CNC[C@H]1C1CC(O)C1. The van der Waals surface area contributed by atoms with E-state index < -0.39 is 0 Å². The molecule has 0 aromatic heterocycles. The third kappa shape index (κ3) is 2.16. The summed E-state index contributed by atoms with van der Waals surface area (Å²) >= 11 is 0. The molecule has 0 spiro atoms. The van der Waals surface area contributed by atoms with Crippen molar-refractivity contribution in [3.63, 3.8) is 0 Å². The van der Waals surface area contributed by atoms with E-state index in [0.29, 0.717) is 18.4 Å². The summed E-state index contributed by atoms with van der Waals surface area (Å²) in [5.74, 6) is 0.799. The Kier molecular flexibility index (Phi) is 3.26. The second-order valence-corrected chi connectivity index (χ2v) is 4.57. The van der Waals surface area contributed by atoms with E-state index in [0.717, 1.165) is 25.9 Å². The first-order chi connectivity index (χ1) is 7.22. The Morgan fingerprint density at radius 1 is 1.47 bits per heavy atom. The summed E-state index contributed by atoms with van der Waals surface area (Å²) in [6.07, 6.45) is 1.56. The standard InChI is InChI=1S/C11H19NO3/c1-2-15-11(14)10-6-12-5-9(10)7-3-8(13)4-7/h7-10,12-13H,2-6H2,1H3/t7?,8?,9-,10+/m0/s1. The van der Waals surface area contributed by atoms with E-state index in [1.54, 1.807) is 0 Å². The molecule has 4 nitrogen and oxygen atoms in total. The largest absolute Gasteiger partial charge is 0.466 e. The van der Waals surface area contributed by atoms with Gasteiger partial charge in [-0.05, 0) is 38.1 Å². The van der Waals surface area contributed by atoms with E-state index in [1.807, 2.05) is 6.92 Å². The number of aliphatic hydroxyl groups is 1. The maximum atomic E-state index is 11.7. The Morgan fingerprint density at radius 2 is 2.20 bits per heavy atom. The molecule has 2 rings (SSSR count). The molecule has 0 bridgehead atoms. The number of hydrogen-bond acceptors (Lipinski definition) is 4. The fourth-order valence-electron chi connectivity index (χ4n) is 2.68. The minimum Gasteiger partial charge on any atom is -0.466 e. The van der Waals surface area contributed by atoms with Crippen LogP contribution < -0.4 is 5.32 Å². The van der Waals surface area contributed by atoms with Crippen LogP contribution in [0.3, 0.4) is 0 Å². The smallest absolute Gasteiger partial charge is 0.310 e. The van der Waals surface area contributed by atoms with Gasteiger partial charge in [0.25, 0.3) is 0 Å². The summed E-state index contributed by atoms with van der Waals surface area (Å²) in [5, 5.41) is 12.5. The van der Waals surface area contributed by atoms with E-state index in [-0.39, 0.29) is 18.0 Å². The van der Waals surface area contributed by atoms with Gasteiger partial charge in [-0.15, -0.1) is 0 Å². The third-order valence-corrected chi connectivity index (χ3v) is 3.61. The van der Waals surface area contributed by atoms with Gasteiger partial charge in [0.05, 0.1) is 18.6 Å². The molecule has 0 amide bonds. The van der Waals surface area contributed by atoms with E-state index in [4.69, 9.17) is 4.74 Å². The van der Waals surface area contributed by atoms with E-state index in [1.165, 1.54) is 0 Å². The third-order valence-electron chi connectivity index (χ3n) is 3.61. The Bertz CT molecular complexity index is 238. The lowest BCUT2D eigenvalue weighted by Gasteiger charge is -2.37. The van der Waals surface area contributed by atoms with Gasteiger partial charge in [-0.1, -0.05) is 0 Å². The van der Waals surface area contributed by atoms with Crippen molar-refractivity contribution in [2.75, 3.05) is 19.7 Å². The van der Waals surface area contributed by atoms with Crippen LogP contribution in [-0.2, 0) is 9.53 Å². The van der Waals surface area contributed by atoms with E-state index in [2.05, 4.69) is 5.32 Å². The number of nitrogens with one attached hydrogen (secondary N) is 1. The molecule has 1 aliphatic heterocycles. The second-order valence-electron chi connectivity index (χ2n) is 4.57. The Morgan fingerprint density at radius 3 is 2.80 bits per heavy atom. The zero-order chi connectivity index (χ0) is 10.8. The molecule has 2 atom stereocenters. The van der Waals surface area contributed by atoms with E-state index in [9.17, 15) is 9.90 Å². The van der Waals surface area contributed by atoms with Crippen molar-refractivity contribution >= 4 is 5.97 Å². The molecular formula is C11H19NO3. The minimum absolute atomic E-state index is 0.00227. The van der Waals surface area contributed by atoms with Crippen LogP contribution in [0.5, 0.6) is 0 Å². The molecule has 1 aliphatic carbocycles. The predicted octanol–water partition coefficient (Wildman–Crippen LogP) is 0.156. The lowest BCUT2D eigenvalue weighted by Crippen LogP contribution is -2.39. The lowest BCUT2D eigenvalue weighted by atomic mass is 9.70. The van der Waals surface area contributed by atoms with E-state index >= 15 is 0 Å². The van der Waals surface area contributed by atoms with Crippen molar-refractivity contribution in [1.29, 1.82) is 0 Å². The monoisotopic (exact) mass is 213 g/mol. The average molecular weight is 213 g/mol. The molecule has 2 N–H and O–H groups in total. The summed E-state index contributed by atoms with van der Waals surface area (Å²) < 4.78 is 5.06. The molecule has 1 saturated heterocycles. The minimum atomic E-state index is -0.140. The second kappa shape index (κ2) is 4.49. The van der Waals surface area contributed by atoms with Gasteiger partial charge in [-0.25, -0.2) is 0 Å². The topological polar surface area (TPSA) is 58.6 Å². The molecule has 0 unspecified atom stereocenters. The molecular weight excluding hydrogens is 194 g/mol. The van der Waals surface area contributed by atoms with Crippen LogP contribution in [0.4, 0.5) is 0 Å². The molecule has 1 saturated carbocycles. The van der Waals surface area contributed by atoms with Crippen LogP contribution in [0.25, 0.3) is 0 Å². The van der Waals surface area contributed by atoms with Gasteiger partial charge in [0.2, 0.25) is 0 Å². The zero-order valence-corrected chi connectivity index (χ0v) is 9.11. The number of carbonyl (C=O) groups excluding carboxylic acids is 1. The predicted molar refractivity (Wildman–Crippen MR) is 55.2 cm³/mol. The summed E-state index contributed by atoms with van der Waals surface area (Å²) in [6, 6.07) is 0. The zero-order valence-electron chi connectivity index (χ0n) is 9.11. The first-order valence-corrected chi connectivity index (χ1v) is 5.77. The summed E-state index contributed by atoms with van der Waals surface area (Å²) in [4.78, 5) is 11.7. The lowest BCUT2D eigenvalue weighted by molar-refractivity contribution is -0.150. The van der Waals surface area contributed by atoms with Crippen molar-refractivity contribution in [2.24, 2.45) is 17.8 Å². The summed E-state index contributed by atoms with van der Waals surface area (Å²) in [6.45, 7) is 3.91. The van der Waals surface area contributed by atoms with Crippen LogP contribution in [0.15, 0.2) is 0 Å². The molecule has 4 heteroatoms. The van der Waals surface area contributed by atoms with Gasteiger partial charge >= 0.3 is 5.97 Å². The van der Waals surface area contributed by atoms with Crippen molar-refractivity contribution < 1.29 is 14.6 Å². The van der Waals surface area contributed by atoms with Crippen molar-refractivity contribution in [3.8, 4) is 0 Å². The van der Waals surface area contributed by atoms with Gasteiger partial charge in [-0.2, -0.15) is 0 Å².